The van der Waals surface area contributed by atoms with Crippen molar-refractivity contribution in [3.8, 4) is 0 Å². The van der Waals surface area contributed by atoms with E-state index in [9.17, 15) is 4.79 Å². The molecule has 0 aliphatic heterocycles. The van der Waals surface area contributed by atoms with Gasteiger partial charge in [0.1, 0.15) is 0 Å². The molecule has 0 saturated heterocycles. The number of carbonyl (C=O) groups is 1. The maximum atomic E-state index is 12.2. The predicted octanol–water partition coefficient (Wildman–Crippen LogP) is 2.90. The summed E-state index contributed by atoms with van der Waals surface area (Å²) in [5.41, 5.74) is 2.51. The zero-order chi connectivity index (χ0) is 14.4. The summed E-state index contributed by atoms with van der Waals surface area (Å²) >= 11 is 0. The fourth-order valence-corrected chi connectivity index (χ4v) is 2.42. The largest absolute Gasteiger partial charge is 0.342 e. The summed E-state index contributed by atoms with van der Waals surface area (Å²) < 4.78 is 0. The minimum atomic E-state index is -0.158. The molecule has 3 heteroatoms. The highest BCUT2D eigenvalue weighted by molar-refractivity contribution is 5.81. The molecule has 0 aromatic heterocycles. The Bertz CT molecular complexity index is 413. The molecule has 1 aromatic carbocycles. The van der Waals surface area contributed by atoms with Crippen LogP contribution in [0.5, 0.6) is 0 Å². The van der Waals surface area contributed by atoms with Crippen LogP contribution in [0.15, 0.2) is 24.3 Å². The Morgan fingerprint density at radius 1 is 1.21 bits per heavy atom. The quantitative estimate of drug-likeness (QED) is 0.855. The number of rotatable bonds is 6. The zero-order valence-electron chi connectivity index (χ0n) is 12.7. The number of benzene rings is 1. The van der Waals surface area contributed by atoms with Gasteiger partial charge in [-0.3, -0.25) is 10.1 Å². The van der Waals surface area contributed by atoms with Crippen molar-refractivity contribution in [2.45, 2.75) is 46.7 Å². The second-order valence-corrected chi connectivity index (χ2v) is 4.98. The molecule has 0 radical (unpaired) electrons. The lowest BCUT2D eigenvalue weighted by Crippen LogP contribution is -2.45. The van der Waals surface area contributed by atoms with Crippen LogP contribution >= 0.6 is 0 Å². The summed E-state index contributed by atoms with van der Waals surface area (Å²) in [6.45, 7) is 11.7. The molecule has 2 atom stereocenters. The highest BCUT2D eigenvalue weighted by Crippen LogP contribution is 2.17. The van der Waals surface area contributed by atoms with Gasteiger partial charge in [0.2, 0.25) is 5.91 Å². The Balaban J connectivity index is 2.69. The van der Waals surface area contributed by atoms with Crippen LogP contribution in [-0.4, -0.2) is 29.9 Å². The van der Waals surface area contributed by atoms with Crippen LogP contribution in [0.3, 0.4) is 0 Å². The molecule has 0 saturated carbocycles. The monoisotopic (exact) mass is 262 g/mol. The van der Waals surface area contributed by atoms with Gasteiger partial charge in [-0.2, -0.15) is 0 Å². The van der Waals surface area contributed by atoms with E-state index in [0.29, 0.717) is 0 Å². The van der Waals surface area contributed by atoms with E-state index in [0.717, 1.165) is 13.1 Å². The Labute approximate surface area is 117 Å². The Morgan fingerprint density at radius 2 is 1.79 bits per heavy atom. The molecule has 19 heavy (non-hydrogen) atoms. The van der Waals surface area contributed by atoms with Crippen LogP contribution < -0.4 is 5.32 Å². The fourth-order valence-electron chi connectivity index (χ4n) is 2.42. The number of hydrogen-bond donors (Lipinski definition) is 1. The molecule has 0 aliphatic rings. The lowest BCUT2D eigenvalue weighted by atomic mass is 10.0. The van der Waals surface area contributed by atoms with Crippen LogP contribution in [0.2, 0.25) is 0 Å². The molecule has 1 rings (SSSR count). The molecular formula is C16H26N2O. The SMILES string of the molecule is CCN(CC)C(=O)C(C)N[C@H](C)c1ccccc1C. The summed E-state index contributed by atoms with van der Waals surface area (Å²) in [5, 5.41) is 3.39. The summed E-state index contributed by atoms with van der Waals surface area (Å²) in [7, 11) is 0. The van der Waals surface area contributed by atoms with Crippen LogP contribution in [0.1, 0.15) is 44.9 Å². The van der Waals surface area contributed by atoms with E-state index in [-0.39, 0.29) is 18.0 Å². The van der Waals surface area contributed by atoms with E-state index in [2.05, 4.69) is 31.3 Å². The molecule has 0 fully saturated rings. The average molecular weight is 262 g/mol. The second kappa shape index (κ2) is 7.29. The molecule has 106 valence electrons. The molecule has 0 bridgehead atoms. The molecule has 0 spiro atoms. The highest BCUT2D eigenvalue weighted by atomic mass is 16.2. The number of aryl methyl sites for hydroxylation is 1. The van der Waals surface area contributed by atoms with Gasteiger partial charge in [-0.15, -0.1) is 0 Å². The second-order valence-electron chi connectivity index (χ2n) is 4.98. The van der Waals surface area contributed by atoms with E-state index in [1.807, 2.05) is 37.8 Å². The van der Waals surface area contributed by atoms with Crippen molar-refractivity contribution in [2.75, 3.05) is 13.1 Å². The lowest BCUT2D eigenvalue weighted by Gasteiger charge is -2.26. The van der Waals surface area contributed by atoms with Crippen molar-refractivity contribution in [1.82, 2.24) is 10.2 Å². The number of nitrogens with zero attached hydrogens (tertiary/aromatic N) is 1. The van der Waals surface area contributed by atoms with E-state index in [1.165, 1.54) is 11.1 Å². The maximum Gasteiger partial charge on any atom is 0.239 e. The first-order valence-corrected chi connectivity index (χ1v) is 7.11. The minimum Gasteiger partial charge on any atom is -0.342 e. The van der Waals surface area contributed by atoms with Gasteiger partial charge in [-0.1, -0.05) is 24.3 Å². The van der Waals surface area contributed by atoms with Crippen LogP contribution in [0.4, 0.5) is 0 Å². The number of likely N-dealkylation sites (N-methyl/N-ethyl adjacent to an activating group) is 1. The van der Waals surface area contributed by atoms with E-state index in [4.69, 9.17) is 0 Å². The zero-order valence-corrected chi connectivity index (χ0v) is 12.7. The summed E-state index contributed by atoms with van der Waals surface area (Å²) in [6, 6.07) is 8.31. The van der Waals surface area contributed by atoms with Crippen LogP contribution in [-0.2, 0) is 4.79 Å². The topological polar surface area (TPSA) is 32.3 Å². The number of carbonyl (C=O) groups excluding carboxylic acids is 1. The number of nitrogens with one attached hydrogen (secondary N) is 1. The first-order valence-electron chi connectivity index (χ1n) is 7.11. The van der Waals surface area contributed by atoms with Gasteiger partial charge in [0, 0.05) is 19.1 Å². The van der Waals surface area contributed by atoms with Crippen LogP contribution in [0.25, 0.3) is 0 Å². The van der Waals surface area contributed by atoms with E-state index < -0.39 is 0 Å². The molecule has 0 aliphatic carbocycles. The van der Waals surface area contributed by atoms with Crippen molar-refractivity contribution in [2.24, 2.45) is 0 Å². The highest BCUT2D eigenvalue weighted by Gasteiger charge is 2.20. The summed E-state index contributed by atoms with van der Waals surface area (Å²) in [4.78, 5) is 14.1. The fraction of sp³-hybridized carbons (Fsp3) is 0.562. The molecule has 1 amide bonds. The Hall–Kier alpha value is -1.35. The molecule has 1 aromatic rings. The molecule has 1 N–H and O–H groups in total. The summed E-state index contributed by atoms with van der Waals surface area (Å²) in [5.74, 6) is 0.172. The van der Waals surface area contributed by atoms with Gasteiger partial charge in [0.15, 0.2) is 0 Å². The number of hydrogen-bond acceptors (Lipinski definition) is 2. The van der Waals surface area contributed by atoms with Gasteiger partial charge in [-0.05, 0) is 45.7 Å². The molecule has 1 unspecified atom stereocenters. The maximum absolute atomic E-state index is 12.2. The van der Waals surface area contributed by atoms with Crippen molar-refractivity contribution < 1.29 is 4.79 Å². The molecular weight excluding hydrogens is 236 g/mol. The van der Waals surface area contributed by atoms with Crippen LogP contribution in [0, 0.1) is 6.92 Å². The first-order chi connectivity index (χ1) is 9.01. The minimum absolute atomic E-state index is 0.158. The molecule has 3 nitrogen and oxygen atoms in total. The lowest BCUT2D eigenvalue weighted by molar-refractivity contribution is -0.132. The van der Waals surface area contributed by atoms with Gasteiger partial charge in [0.25, 0.3) is 0 Å². The van der Waals surface area contributed by atoms with E-state index in [1.54, 1.807) is 0 Å². The van der Waals surface area contributed by atoms with Crippen molar-refractivity contribution in [1.29, 1.82) is 0 Å². The van der Waals surface area contributed by atoms with Gasteiger partial charge < -0.3 is 4.90 Å². The Kier molecular flexibility index (Phi) is 6.03. The molecule has 0 heterocycles. The van der Waals surface area contributed by atoms with Gasteiger partial charge in [0.05, 0.1) is 6.04 Å². The smallest absolute Gasteiger partial charge is 0.239 e. The third kappa shape index (κ3) is 4.06. The normalized spacial score (nSPS) is 13.9. The first kappa shape index (κ1) is 15.7. The third-order valence-electron chi connectivity index (χ3n) is 3.60. The van der Waals surface area contributed by atoms with Crippen molar-refractivity contribution in [3.63, 3.8) is 0 Å². The van der Waals surface area contributed by atoms with Gasteiger partial charge >= 0.3 is 0 Å². The summed E-state index contributed by atoms with van der Waals surface area (Å²) in [6.07, 6.45) is 0. The van der Waals surface area contributed by atoms with E-state index >= 15 is 0 Å². The van der Waals surface area contributed by atoms with Gasteiger partial charge in [-0.25, -0.2) is 0 Å². The van der Waals surface area contributed by atoms with Crippen molar-refractivity contribution >= 4 is 5.91 Å². The Morgan fingerprint density at radius 3 is 2.32 bits per heavy atom. The average Bonchev–Trinajstić information content (AvgIpc) is 2.40. The van der Waals surface area contributed by atoms with Crippen molar-refractivity contribution in [3.05, 3.63) is 35.4 Å². The number of amides is 1. The predicted molar refractivity (Wildman–Crippen MR) is 80.1 cm³/mol. The standard InChI is InChI=1S/C16H26N2O/c1-6-18(7-2)16(19)14(5)17-13(4)15-11-9-8-10-12(15)3/h8-11,13-14,17H,6-7H2,1-5H3/t13-,14?/m1/s1. The third-order valence-corrected chi connectivity index (χ3v) is 3.60.